The number of nitrogens with zero attached hydrogens (tertiary/aromatic N) is 1. The fraction of sp³-hybridized carbons (Fsp3) is 0.300. The highest BCUT2D eigenvalue weighted by molar-refractivity contribution is 5.78. The zero-order chi connectivity index (χ0) is 10.1. The van der Waals surface area contributed by atoms with Crippen molar-refractivity contribution in [3.8, 4) is 0 Å². The molecule has 1 aromatic heterocycles. The van der Waals surface area contributed by atoms with E-state index in [2.05, 4.69) is 5.10 Å². The molecule has 14 heavy (non-hydrogen) atoms. The number of benzene rings is 1. The van der Waals surface area contributed by atoms with E-state index >= 15 is 0 Å². The lowest BCUT2D eigenvalue weighted by molar-refractivity contribution is 0.751. The minimum atomic E-state index is 0.0128. The summed E-state index contributed by atoms with van der Waals surface area (Å²) < 4.78 is 1.48. The minimum Gasteiger partial charge on any atom is -0.330 e. The third kappa shape index (κ3) is 1.33. The summed E-state index contributed by atoms with van der Waals surface area (Å²) >= 11 is 0. The molecule has 0 bridgehead atoms. The second kappa shape index (κ2) is 3.31. The number of nitrogens with two attached hydrogens (primary N) is 1. The van der Waals surface area contributed by atoms with Crippen molar-refractivity contribution in [2.24, 2.45) is 12.8 Å². The lowest BCUT2D eigenvalue weighted by Gasteiger charge is -1.96. The minimum absolute atomic E-state index is 0.0128. The van der Waals surface area contributed by atoms with Gasteiger partial charge in [-0.05, 0) is 30.7 Å². The first kappa shape index (κ1) is 9.02. The van der Waals surface area contributed by atoms with Crippen LogP contribution in [0.2, 0.25) is 0 Å². The number of nitrogens with one attached hydrogen (secondary N) is 1. The quantitative estimate of drug-likeness (QED) is 0.720. The molecular weight excluding hydrogens is 178 g/mol. The monoisotopic (exact) mass is 191 g/mol. The van der Waals surface area contributed by atoms with Crippen LogP contribution in [0.15, 0.2) is 23.0 Å². The Morgan fingerprint density at radius 3 is 3.00 bits per heavy atom. The van der Waals surface area contributed by atoms with E-state index in [0.29, 0.717) is 6.54 Å². The zero-order valence-corrected chi connectivity index (χ0v) is 8.08. The summed E-state index contributed by atoms with van der Waals surface area (Å²) in [4.78, 5) is 11.6. The molecule has 0 aliphatic rings. The van der Waals surface area contributed by atoms with Crippen LogP contribution < -0.4 is 11.3 Å². The Morgan fingerprint density at radius 2 is 2.29 bits per heavy atom. The van der Waals surface area contributed by atoms with Gasteiger partial charge in [0.1, 0.15) is 0 Å². The predicted molar refractivity (Wildman–Crippen MR) is 56.3 cm³/mol. The lowest BCUT2D eigenvalue weighted by Crippen LogP contribution is -2.11. The molecule has 74 valence electrons. The van der Waals surface area contributed by atoms with E-state index < -0.39 is 0 Å². The summed E-state index contributed by atoms with van der Waals surface area (Å²) in [6.07, 6.45) is 0.810. The second-order valence-corrected chi connectivity index (χ2v) is 3.39. The zero-order valence-electron chi connectivity index (χ0n) is 8.08. The van der Waals surface area contributed by atoms with Gasteiger partial charge in [0.25, 0.3) is 5.56 Å². The van der Waals surface area contributed by atoms with Gasteiger partial charge in [0.15, 0.2) is 0 Å². The number of aromatic nitrogens is 2. The van der Waals surface area contributed by atoms with Gasteiger partial charge in [0.2, 0.25) is 0 Å². The van der Waals surface area contributed by atoms with Crippen molar-refractivity contribution in [2.75, 3.05) is 6.54 Å². The molecule has 1 heterocycles. The summed E-state index contributed by atoms with van der Waals surface area (Å²) in [5.41, 5.74) is 7.45. The van der Waals surface area contributed by atoms with Gasteiger partial charge in [0.05, 0.1) is 10.9 Å². The molecule has 2 rings (SSSR count). The van der Waals surface area contributed by atoms with Crippen molar-refractivity contribution >= 4 is 10.9 Å². The third-order valence-electron chi connectivity index (χ3n) is 2.34. The van der Waals surface area contributed by atoms with Crippen molar-refractivity contribution in [3.63, 3.8) is 0 Å². The van der Waals surface area contributed by atoms with Gasteiger partial charge < -0.3 is 5.73 Å². The average molecular weight is 191 g/mol. The maximum Gasteiger partial charge on any atom is 0.274 e. The van der Waals surface area contributed by atoms with Gasteiger partial charge in [-0.2, -0.15) is 0 Å². The highest BCUT2D eigenvalue weighted by Crippen LogP contribution is 2.10. The maximum absolute atomic E-state index is 11.6. The summed E-state index contributed by atoms with van der Waals surface area (Å²) in [7, 11) is 1.71. The predicted octanol–water partition coefficient (Wildman–Crippen LogP) is 0.368. The van der Waals surface area contributed by atoms with E-state index in [4.69, 9.17) is 5.73 Å². The van der Waals surface area contributed by atoms with Crippen LogP contribution in [0.4, 0.5) is 0 Å². The summed E-state index contributed by atoms with van der Waals surface area (Å²) in [6, 6.07) is 5.81. The van der Waals surface area contributed by atoms with Gasteiger partial charge in [-0.25, -0.2) is 0 Å². The largest absolute Gasteiger partial charge is 0.330 e. The van der Waals surface area contributed by atoms with Crippen molar-refractivity contribution in [1.82, 2.24) is 9.78 Å². The van der Waals surface area contributed by atoms with Gasteiger partial charge >= 0.3 is 0 Å². The van der Waals surface area contributed by atoms with Crippen LogP contribution in [0.25, 0.3) is 10.9 Å². The van der Waals surface area contributed by atoms with Gasteiger partial charge in [-0.1, -0.05) is 6.07 Å². The lowest BCUT2D eigenvalue weighted by atomic mass is 10.1. The van der Waals surface area contributed by atoms with Crippen LogP contribution >= 0.6 is 0 Å². The van der Waals surface area contributed by atoms with Crippen LogP contribution in [0.5, 0.6) is 0 Å². The molecule has 4 heteroatoms. The Balaban J connectivity index is 2.64. The smallest absolute Gasteiger partial charge is 0.274 e. The standard InChI is InChI=1S/C10H13N3O/c1-13-10(14)8-6-7(4-5-11)2-3-9(8)12-13/h2-3,6,12H,4-5,11H2,1H3. The maximum atomic E-state index is 11.6. The number of hydrogen-bond acceptors (Lipinski definition) is 2. The first-order chi connectivity index (χ1) is 6.72. The first-order valence-electron chi connectivity index (χ1n) is 4.60. The fourth-order valence-corrected chi connectivity index (χ4v) is 1.60. The topological polar surface area (TPSA) is 63.8 Å². The van der Waals surface area contributed by atoms with Crippen molar-refractivity contribution in [3.05, 3.63) is 34.1 Å². The van der Waals surface area contributed by atoms with Crippen LogP contribution in [-0.4, -0.2) is 16.3 Å². The number of H-pyrrole nitrogens is 1. The molecule has 1 aromatic carbocycles. The molecule has 0 aliphatic carbocycles. The Bertz CT molecular complexity index is 510. The molecule has 0 atom stereocenters. The number of aromatic amines is 1. The molecule has 4 nitrogen and oxygen atoms in total. The molecular formula is C10H13N3O. The fourth-order valence-electron chi connectivity index (χ4n) is 1.60. The average Bonchev–Trinajstić information content (AvgIpc) is 2.45. The number of rotatable bonds is 2. The Kier molecular flexibility index (Phi) is 2.13. The Labute approximate surface area is 81.3 Å². The summed E-state index contributed by atoms with van der Waals surface area (Å²) in [6.45, 7) is 0.607. The van der Waals surface area contributed by atoms with Crippen molar-refractivity contribution < 1.29 is 0 Å². The molecule has 3 N–H and O–H groups in total. The molecule has 0 fully saturated rings. The molecule has 0 unspecified atom stereocenters. The number of aryl methyl sites for hydroxylation is 1. The Hall–Kier alpha value is -1.55. The molecule has 0 saturated carbocycles. The number of fused-ring (bicyclic) bond motifs is 1. The molecule has 2 aromatic rings. The van der Waals surface area contributed by atoms with Gasteiger partial charge in [-0.15, -0.1) is 0 Å². The van der Waals surface area contributed by atoms with E-state index in [9.17, 15) is 4.79 Å². The molecule has 0 radical (unpaired) electrons. The van der Waals surface area contributed by atoms with Gasteiger partial charge in [-0.3, -0.25) is 14.6 Å². The van der Waals surface area contributed by atoms with E-state index in [0.717, 1.165) is 22.9 Å². The van der Waals surface area contributed by atoms with Crippen LogP contribution in [0, 0.1) is 0 Å². The normalized spacial score (nSPS) is 11.0. The number of hydrogen-bond donors (Lipinski definition) is 2. The second-order valence-electron chi connectivity index (χ2n) is 3.39. The third-order valence-corrected chi connectivity index (χ3v) is 2.34. The van der Waals surface area contributed by atoms with Gasteiger partial charge in [0, 0.05) is 7.05 Å². The first-order valence-corrected chi connectivity index (χ1v) is 4.60. The highest BCUT2D eigenvalue weighted by Gasteiger charge is 2.03. The van der Waals surface area contributed by atoms with Crippen LogP contribution in [-0.2, 0) is 13.5 Å². The highest BCUT2D eigenvalue weighted by atomic mass is 16.1. The summed E-state index contributed by atoms with van der Waals surface area (Å²) in [5.74, 6) is 0. The van der Waals surface area contributed by atoms with Crippen molar-refractivity contribution in [1.29, 1.82) is 0 Å². The van der Waals surface area contributed by atoms with E-state index in [1.807, 2.05) is 18.2 Å². The van der Waals surface area contributed by atoms with E-state index in [1.54, 1.807) is 7.05 Å². The molecule has 0 aliphatic heterocycles. The molecule has 0 saturated heterocycles. The van der Waals surface area contributed by atoms with Crippen LogP contribution in [0.3, 0.4) is 0 Å². The molecule has 0 amide bonds. The van der Waals surface area contributed by atoms with E-state index in [1.165, 1.54) is 4.68 Å². The van der Waals surface area contributed by atoms with Crippen LogP contribution in [0.1, 0.15) is 5.56 Å². The Morgan fingerprint density at radius 1 is 1.50 bits per heavy atom. The summed E-state index contributed by atoms with van der Waals surface area (Å²) in [5, 5.41) is 3.70. The SMILES string of the molecule is Cn1[nH]c2ccc(CCN)cc2c1=O. The van der Waals surface area contributed by atoms with Crippen molar-refractivity contribution in [2.45, 2.75) is 6.42 Å². The van der Waals surface area contributed by atoms with E-state index in [-0.39, 0.29) is 5.56 Å². The molecule has 0 spiro atoms.